The molecule has 1 saturated carbocycles. The minimum atomic E-state index is -0.779. The molecule has 0 aromatic heterocycles. The summed E-state index contributed by atoms with van der Waals surface area (Å²) < 4.78 is 26.2. The number of nitrogens with one attached hydrogen (secondary N) is 4. The summed E-state index contributed by atoms with van der Waals surface area (Å²) in [6.07, 6.45) is 1.33. The SMILES string of the molecule is Cc1c(F)cc(C(=O)NC2CC2)cc1-c1ccc(C(=O)NCC(C)(C)C)cc1OCCCC(=O)NNC(=O)OC(C)(C)C. The average molecular weight is 599 g/mol. The Bertz CT molecular complexity index is 1360. The van der Waals surface area contributed by atoms with Crippen molar-refractivity contribution in [3.8, 4) is 16.9 Å². The molecular formula is C32H43FN4O6. The van der Waals surface area contributed by atoms with Gasteiger partial charge in [0.2, 0.25) is 5.91 Å². The minimum Gasteiger partial charge on any atom is -0.493 e. The minimum absolute atomic E-state index is 0.0291. The van der Waals surface area contributed by atoms with Crippen molar-refractivity contribution < 1.29 is 33.0 Å². The first kappa shape index (κ1) is 33.4. The molecule has 3 rings (SSSR count). The van der Waals surface area contributed by atoms with Gasteiger partial charge in [0.15, 0.2) is 0 Å². The number of carbonyl (C=O) groups is 4. The Kier molecular flexibility index (Phi) is 10.8. The van der Waals surface area contributed by atoms with Crippen molar-refractivity contribution in [1.82, 2.24) is 21.5 Å². The van der Waals surface area contributed by atoms with Crippen LogP contribution in [0.2, 0.25) is 0 Å². The van der Waals surface area contributed by atoms with Crippen LogP contribution in [0.4, 0.5) is 9.18 Å². The molecule has 0 bridgehead atoms. The number of rotatable bonds is 10. The molecular weight excluding hydrogens is 555 g/mol. The lowest BCUT2D eigenvalue weighted by molar-refractivity contribution is -0.122. The molecule has 4 amide bonds. The highest BCUT2D eigenvalue weighted by molar-refractivity contribution is 5.98. The van der Waals surface area contributed by atoms with Gasteiger partial charge in [0.1, 0.15) is 17.2 Å². The van der Waals surface area contributed by atoms with Crippen LogP contribution >= 0.6 is 0 Å². The first-order valence-corrected chi connectivity index (χ1v) is 14.5. The quantitative estimate of drug-likeness (QED) is 0.220. The summed E-state index contributed by atoms with van der Waals surface area (Å²) >= 11 is 0. The molecule has 4 N–H and O–H groups in total. The van der Waals surface area contributed by atoms with Crippen molar-refractivity contribution in [3.63, 3.8) is 0 Å². The third-order valence-electron chi connectivity index (χ3n) is 6.34. The molecule has 0 atom stereocenters. The second-order valence-corrected chi connectivity index (χ2v) is 13.0. The van der Waals surface area contributed by atoms with Crippen LogP contribution in [0, 0.1) is 18.2 Å². The van der Waals surface area contributed by atoms with Gasteiger partial charge in [-0.2, -0.15) is 0 Å². The van der Waals surface area contributed by atoms with Crippen LogP contribution in [0.5, 0.6) is 5.75 Å². The number of hydrazine groups is 1. The van der Waals surface area contributed by atoms with Gasteiger partial charge in [-0.15, -0.1) is 0 Å². The number of hydrogen-bond donors (Lipinski definition) is 4. The van der Waals surface area contributed by atoms with Crippen molar-refractivity contribution in [2.45, 2.75) is 85.8 Å². The van der Waals surface area contributed by atoms with Crippen LogP contribution in [0.15, 0.2) is 30.3 Å². The Hall–Kier alpha value is -4.15. The van der Waals surface area contributed by atoms with Crippen LogP contribution in [0.25, 0.3) is 11.1 Å². The van der Waals surface area contributed by atoms with E-state index in [1.54, 1.807) is 52.0 Å². The van der Waals surface area contributed by atoms with Crippen LogP contribution in [-0.2, 0) is 9.53 Å². The summed E-state index contributed by atoms with van der Waals surface area (Å²) in [6.45, 7) is 13.3. The molecule has 0 heterocycles. The number of halogens is 1. The number of benzene rings is 2. The van der Waals surface area contributed by atoms with Crippen molar-refractivity contribution in [1.29, 1.82) is 0 Å². The van der Waals surface area contributed by atoms with E-state index in [0.717, 1.165) is 12.8 Å². The van der Waals surface area contributed by atoms with Gasteiger partial charge in [0.25, 0.3) is 11.8 Å². The third-order valence-corrected chi connectivity index (χ3v) is 6.34. The molecule has 1 aliphatic carbocycles. The molecule has 0 saturated heterocycles. The number of carbonyl (C=O) groups excluding carboxylic acids is 4. The van der Waals surface area contributed by atoms with Crippen molar-refractivity contribution in [2.24, 2.45) is 5.41 Å². The van der Waals surface area contributed by atoms with E-state index >= 15 is 4.39 Å². The summed E-state index contributed by atoms with van der Waals surface area (Å²) in [6, 6.07) is 7.82. The Morgan fingerprint density at radius 2 is 1.60 bits per heavy atom. The molecule has 234 valence electrons. The van der Waals surface area contributed by atoms with Crippen molar-refractivity contribution >= 4 is 23.8 Å². The number of hydrogen-bond acceptors (Lipinski definition) is 6. The molecule has 0 radical (unpaired) electrons. The average Bonchev–Trinajstić information content (AvgIpc) is 3.72. The second-order valence-electron chi connectivity index (χ2n) is 13.0. The Balaban J connectivity index is 1.78. The van der Waals surface area contributed by atoms with E-state index in [1.165, 1.54) is 6.07 Å². The van der Waals surface area contributed by atoms with E-state index in [-0.39, 0.29) is 48.3 Å². The zero-order valence-corrected chi connectivity index (χ0v) is 26.0. The zero-order valence-electron chi connectivity index (χ0n) is 26.0. The topological polar surface area (TPSA) is 135 Å². The monoisotopic (exact) mass is 598 g/mol. The third kappa shape index (κ3) is 10.9. The Morgan fingerprint density at radius 3 is 2.23 bits per heavy atom. The molecule has 0 unspecified atom stereocenters. The van der Waals surface area contributed by atoms with Crippen LogP contribution in [0.1, 0.15) is 93.5 Å². The lowest BCUT2D eigenvalue weighted by atomic mass is 9.95. The van der Waals surface area contributed by atoms with E-state index < -0.39 is 23.4 Å². The van der Waals surface area contributed by atoms with E-state index in [1.807, 2.05) is 20.8 Å². The van der Waals surface area contributed by atoms with Crippen molar-refractivity contribution in [3.05, 3.63) is 52.8 Å². The lowest BCUT2D eigenvalue weighted by Gasteiger charge is -2.20. The fraction of sp³-hybridized carbons (Fsp3) is 0.500. The molecule has 0 aliphatic heterocycles. The molecule has 1 fully saturated rings. The van der Waals surface area contributed by atoms with Gasteiger partial charge in [0.05, 0.1) is 6.61 Å². The number of amides is 4. The zero-order chi connectivity index (χ0) is 31.9. The molecule has 43 heavy (non-hydrogen) atoms. The van der Waals surface area contributed by atoms with Crippen LogP contribution in [-0.4, -0.2) is 48.6 Å². The summed E-state index contributed by atoms with van der Waals surface area (Å²) in [5.41, 5.74) is 5.48. The Labute approximate surface area is 252 Å². The van der Waals surface area contributed by atoms with Crippen molar-refractivity contribution in [2.75, 3.05) is 13.2 Å². The predicted molar refractivity (Wildman–Crippen MR) is 161 cm³/mol. The fourth-order valence-corrected chi connectivity index (χ4v) is 3.94. The maximum Gasteiger partial charge on any atom is 0.426 e. The maximum absolute atomic E-state index is 15.0. The van der Waals surface area contributed by atoms with E-state index in [4.69, 9.17) is 9.47 Å². The summed E-state index contributed by atoms with van der Waals surface area (Å²) in [5, 5.41) is 5.79. The Morgan fingerprint density at radius 1 is 0.907 bits per heavy atom. The highest BCUT2D eigenvalue weighted by Crippen LogP contribution is 2.35. The lowest BCUT2D eigenvalue weighted by Crippen LogP contribution is -2.44. The van der Waals surface area contributed by atoms with Gasteiger partial charge >= 0.3 is 6.09 Å². The molecule has 2 aromatic carbocycles. The molecule has 1 aliphatic rings. The molecule has 0 spiro atoms. The number of ether oxygens (including phenoxy) is 2. The highest BCUT2D eigenvalue weighted by atomic mass is 19.1. The van der Waals surface area contributed by atoms with Gasteiger partial charge < -0.3 is 20.1 Å². The molecule has 10 nitrogen and oxygen atoms in total. The van der Waals surface area contributed by atoms with E-state index in [2.05, 4.69) is 21.5 Å². The smallest absolute Gasteiger partial charge is 0.426 e. The summed E-state index contributed by atoms with van der Waals surface area (Å²) in [5.74, 6) is -1.32. The summed E-state index contributed by atoms with van der Waals surface area (Å²) in [7, 11) is 0. The van der Waals surface area contributed by atoms with Gasteiger partial charge in [0, 0.05) is 35.7 Å². The highest BCUT2D eigenvalue weighted by Gasteiger charge is 2.25. The predicted octanol–water partition coefficient (Wildman–Crippen LogP) is 5.18. The van der Waals surface area contributed by atoms with Gasteiger partial charge in [-0.3, -0.25) is 19.8 Å². The van der Waals surface area contributed by atoms with Gasteiger partial charge in [-0.25, -0.2) is 14.6 Å². The largest absolute Gasteiger partial charge is 0.493 e. The summed E-state index contributed by atoms with van der Waals surface area (Å²) in [4.78, 5) is 49.6. The standard InChI is InChI=1S/C32H43FN4O6/c1-19-24(15-21(16-25(19)33)29(40)35-22-11-12-22)23-13-10-20(28(39)34-18-31(2,3)4)17-26(23)42-14-8-9-27(38)36-37-30(41)43-32(5,6)7/h10,13,15-17,22H,8-9,11-12,14,18H2,1-7H3,(H,34,39)(H,35,40)(H,36,38)(H,37,41). The normalized spacial score (nSPS) is 13.1. The van der Waals surface area contributed by atoms with E-state index in [9.17, 15) is 19.2 Å². The fourth-order valence-electron chi connectivity index (χ4n) is 3.94. The van der Waals surface area contributed by atoms with Gasteiger partial charge in [-0.1, -0.05) is 20.8 Å². The van der Waals surface area contributed by atoms with Crippen LogP contribution < -0.4 is 26.2 Å². The van der Waals surface area contributed by atoms with E-state index in [0.29, 0.717) is 34.5 Å². The van der Waals surface area contributed by atoms with Gasteiger partial charge in [-0.05, 0) is 93.8 Å². The first-order chi connectivity index (χ1) is 20.0. The van der Waals surface area contributed by atoms with Crippen LogP contribution in [0.3, 0.4) is 0 Å². The molecule has 2 aromatic rings. The molecule has 11 heteroatoms. The first-order valence-electron chi connectivity index (χ1n) is 14.5. The maximum atomic E-state index is 15.0. The second kappa shape index (κ2) is 13.9.